The van der Waals surface area contributed by atoms with Crippen LogP contribution in [0.1, 0.15) is 47.0 Å². The number of ketones is 2. The monoisotopic (exact) mass is 348 g/mol. The first-order valence-corrected chi connectivity index (χ1v) is 9.33. The van der Waals surface area contributed by atoms with Gasteiger partial charge in [0.05, 0.1) is 5.41 Å². The van der Waals surface area contributed by atoms with E-state index in [1.165, 1.54) is 6.92 Å². The van der Waals surface area contributed by atoms with Gasteiger partial charge in [0.25, 0.3) is 0 Å². The van der Waals surface area contributed by atoms with E-state index in [0.29, 0.717) is 18.4 Å². The number of hydrogen-bond donors (Lipinski definition) is 3. The van der Waals surface area contributed by atoms with Gasteiger partial charge in [-0.25, -0.2) is 0 Å². The molecule has 25 heavy (non-hydrogen) atoms. The van der Waals surface area contributed by atoms with E-state index in [1.54, 1.807) is 13.8 Å². The minimum absolute atomic E-state index is 0.138. The quantitative estimate of drug-likeness (QED) is 0.620. The van der Waals surface area contributed by atoms with Crippen LogP contribution in [0.15, 0.2) is 12.2 Å². The van der Waals surface area contributed by atoms with Crippen molar-refractivity contribution in [3.63, 3.8) is 0 Å². The maximum absolute atomic E-state index is 13.6. The van der Waals surface area contributed by atoms with Crippen LogP contribution in [0.4, 0.5) is 0 Å². The Balaban J connectivity index is 2.13. The van der Waals surface area contributed by atoms with Crippen molar-refractivity contribution in [1.82, 2.24) is 0 Å². The molecule has 3 N–H and O–H groups in total. The zero-order valence-electron chi connectivity index (χ0n) is 15.4. The predicted molar refractivity (Wildman–Crippen MR) is 90.4 cm³/mol. The van der Waals surface area contributed by atoms with Crippen LogP contribution in [0.25, 0.3) is 0 Å². The Morgan fingerprint density at radius 3 is 2.20 bits per heavy atom. The highest BCUT2D eigenvalue weighted by Gasteiger charge is 2.89. The summed E-state index contributed by atoms with van der Waals surface area (Å²) in [5.41, 5.74) is -7.18. The first kappa shape index (κ1) is 17.4. The maximum Gasteiger partial charge on any atom is 0.201 e. The van der Waals surface area contributed by atoms with E-state index < -0.39 is 45.6 Å². The van der Waals surface area contributed by atoms with Crippen LogP contribution in [0.5, 0.6) is 0 Å². The maximum atomic E-state index is 13.6. The first-order chi connectivity index (χ1) is 11.4. The standard InChI is InChI=1S/C20H28O5/c1-9(2)14-13-8-10(3)12-7-6-11(4)19(24)16(22)20(14,25)17(5,23)15(21)18(12,13)19/h10-14,23-25H,1,6-8H2,2-5H3. The molecular weight excluding hydrogens is 320 g/mol. The van der Waals surface area contributed by atoms with Crippen LogP contribution in [-0.4, -0.2) is 43.7 Å². The smallest absolute Gasteiger partial charge is 0.201 e. The Kier molecular flexibility index (Phi) is 3.08. The van der Waals surface area contributed by atoms with Crippen molar-refractivity contribution in [1.29, 1.82) is 0 Å². The molecule has 5 aliphatic rings. The van der Waals surface area contributed by atoms with Gasteiger partial charge in [0.15, 0.2) is 17.0 Å². The Morgan fingerprint density at radius 1 is 1.04 bits per heavy atom. The van der Waals surface area contributed by atoms with Gasteiger partial charge in [-0.1, -0.05) is 26.0 Å². The molecule has 0 heterocycles. The average Bonchev–Trinajstić information content (AvgIpc) is 2.81. The van der Waals surface area contributed by atoms with Crippen LogP contribution >= 0.6 is 0 Å². The topological polar surface area (TPSA) is 94.8 Å². The van der Waals surface area contributed by atoms with Crippen molar-refractivity contribution in [2.24, 2.45) is 35.0 Å². The van der Waals surface area contributed by atoms with Crippen molar-refractivity contribution in [2.45, 2.75) is 63.8 Å². The minimum Gasteiger partial charge on any atom is -0.381 e. The molecular formula is C20H28O5. The Morgan fingerprint density at radius 2 is 1.64 bits per heavy atom. The van der Waals surface area contributed by atoms with Crippen LogP contribution in [0, 0.1) is 35.0 Å². The summed E-state index contributed by atoms with van der Waals surface area (Å²) in [6.45, 7) is 10.8. The van der Waals surface area contributed by atoms with Crippen molar-refractivity contribution in [2.75, 3.05) is 0 Å². The molecule has 5 heteroatoms. The second kappa shape index (κ2) is 4.44. The molecule has 138 valence electrons. The van der Waals surface area contributed by atoms with Crippen molar-refractivity contribution in [3.05, 3.63) is 12.2 Å². The third-order valence-electron chi connectivity index (χ3n) is 8.37. The van der Waals surface area contributed by atoms with Crippen LogP contribution in [0.3, 0.4) is 0 Å². The van der Waals surface area contributed by atoms with E-state index in [4.69, 9.17) is 0 Å². The molecule has 0 amide bonds. The zero-order valence-corrected chi connectivity index (χ0v) is 15.4. The van der Waals surface area contributed by atoms with Gasteiger partial charge in [-0.3, -0.25) is 9.59 Å². The molecule has 5 aliphatic carbocycles. The number of fused-ring (bicyclic) bond motifs is 1. The highest BCUT2D eigenvalue weighted by atomic mass is 16.4. The first-order valence-electron chi connectivity index (χ1n) is 9.33. The van der Waals surface area contributed by atoms with Crippen LogP contribution < -0.4 is 0 Å². The fourth-order valence-corrected chi connectivity index (χ4v) is 7.44. The third kappa shape index (κ3) is 1.37. The Hall–Kier alpha value is -1.04. The lowest BCUT2D eigenvalue weighted by atomic mass is 9.33. The molecule has 0 radical (unpaired) electrons. The molecule has 5 fully saturated rings. The molecule has 0 saturated heterocycles. The number of aliphatic hydroxyl groups is 3. The van der Waals surface area contributed by atoms with Gasteiger partial charge in [0, 0.05) is 5.92 Å². The van der Waals surface area contributed by atoms with Gasteiger partial charge < -0.3 is 15.3 Å². The highest BCUT2D eigenvalue weighted by molar-refractivity contribution is 6.15. The zero-order chi connectivity index (χ0) is 18.7. The largest absolute Gasteiger partial charge is 0.381 e. The molecule has 0 aromatic carbocycles. The minimum atomic E-state index is -2.32. The van der Waals surface area contributed by atoms with E-state index in [-0.39, 0.29) is 17.8 Å². The highest BCUT2D eigenvalue weighted by Crippen LogP contribution is 2.75. The van der Waals surface area contributed by atoms with Crippen molar-refractivity contribution >= 4 is 11.6 Å². The summed E-state index contributed by atoms with van der Waals surface area (Å²) in [5, 5.41) is 34.3. The molecule has 2 bridgehead atoms. The van der Waals surface area contributed by atoms with Gasteiger partial charge in [0.2, 0.25) is 5.78 Å². The summed E-state index contributed by atoms with van der Waals surface area (Å²) in [6, 6.07) is 0. The Labute approximate surface area is 148 Å². The molecule has 5 saturated carbocycles. The lowest BCUT2D eigenvalue weighted by Gasteiger charge is -2.71. The molecule has 9 atom stereocenters. The molecule has 0 aromatic rings. The summed E-state index contributed by atoms with van der Waals surface area (Å²) in [6.07, 6.45) is 2.03. The molecule has 5 rings (SSSR count). The molecule has 5 nitrogen and oxygen atoms in total. The van der Waals surface area contributed by atoms with E-state index in [1.807, 2.05) is 6.92 Å². The molecule has 0 aromatic heterocycles. The summed E-state index contributed by atoms with van der Waals surface area (Å²) >= 11 is 0. The number of carbonyl (C=O) groups excluding carboxylic acids is 2. The van der Waals surface area contributed by atoms with E-state index in [0.717, 1.165) is 6.42 Å². The van der Waals surface area contributed by atoms with Gasteiger partial charge >= 0.3 is 0 Å². The number of Topliss-reactive ketones (excluding diaryl/α,β-unsaturated/α-hetero) is 2. The lowest BCUT2D eigenvalue weighted by molar-refractivity contribution is -0.290. The summed E-state index contributed by atoms with van der Waals surface area (Å²) in [4.78, 5) is 27.1. The van der Waals surface area contributed by atoms with Gasteiger partial charge in [-0.2, -0.15) is 0 Å². The van der Waals surface area contributed by atoms with Crippen molar-refractivity contribution < 1.29 is 24.9 Å². The molecule has 1 spiro atoms. The van der Waals surface area contributed by atoms with E-state index in [2.05, 4.69) is 6.58 Å². The average molecular weight is 348 g/mol. The summed E-state index contributed by atoms with van der Waals surface area (Å²) in [5.74, 6) is -2.86. The van der Waals surface area contributed by atoms with Crippen LogP contribution in [-0.2, 0) is 9.59 Å². The summed E-state index contributed by atoms with van der Waals surface area (Å²) < 4.78 is 0. The van der Waals surface area contributed by atoms with Gasteiger partial charge in [0.1, 0.15) is 5.60 Å². The fraction of sp³-hybridized carbons (Fsp3) is 0.800. The van der Waals surface area contributed by atoms with Crippen LogP contribution in [0.2, 0.25) is 0 Å². The molecule has 9 unspecified atom stereocenters. The van der Waals surface area contributed by atoms with Gasteiger partial charge in [-0.05, 0) is 56.8 Å². The lowest BCUT2D eigenvalue weighted by Crippen LogP contribution is -2.90. The van der Waals surface area contributed by atoms with Gasteiger partial charge in [-0.15, -0.1) is 0 Å². The van der Waals surface area contributed by atoms with E-state index in [9.17, 15) is 24.9 Å². The number of carbonyl (C=O) groups is 2. The second-order valence-corrected chi connectivity index (χ2v) is 9.36. The van der Waals surface area contributed by atoms with Crippen molar-refractivity contribution in [3.8, 4) is 0 Å². The SMILES string of the molecule is C=C(C)C1C2CC(C)C3CCC(C)C4(O)C(=O)C1(O)C(C)(O)C(=O)C324. The number of rotatable bonds is 1. The Bertz CT molecular complexity index is 711. The predicted octanol–water partition coefficient (Wildman–Crippen LogP) is 1.25. The second-order valence-electron chi connectivity index (χ2n) is 9.36. The molecule has 0 aliphatic heterocycles. The fourth-order valence-electron chi connectivity index (χ4n) is 7.44. The summed E-state index contributed by atoms with van der Waals surface area (Å²) in [7, 11) is 0. The number of hydrogen-bond acceptors (Lipinski definition) is 5. The van der Waals surface area contributed by atoms with E-state index >= 15 is 0 Å². The third-order valence-corrected chi connectivity index (χ3v) is 8.37. The normalized spacial score (nSPS) is 59.9.